The van der Waals surface area contributed by atoms with Gasteiger partial charge in [0.05, 0.1) is 0 Å². The molecule has 0 aliphatic carbocycles. The van der Waals surface area contributed by atoms with Crippen LogP contribution >= 0.6 is 0 Å². The zero-order valence-corrected chi connectivity index (χ0v) is 11.3. The minimum Gasteiger partial charge on any atom is -0.492 e. The van der Waals surface area contributed by atoms with Gasteiger partial charge in [-0.2, -0.15) is 0 Å². The Morgan fingerprint density at radius 2 is 1.94 bits per heavy atom. The van der Waals surface area contributed by atoms with Gasteiger partial charge in [-0.25, -0.2) is 0 Å². The van der Waals surface area contributed by atoms with Crippen LogP contribution in [0.2, 0.25) is 0 Å². The molecule has 1 aromatic rings. The van der Waals surface area contributed by atoms with Gasteiger partial charge in [0.15, 0.2) is 0 Å². The van der Waals surface area contributed by atoms with Crippen molar-refractivity contribution in [3.05, 3.63) is 24.3 Å². The van der Waals surface area contributed by atoms with Crippen molar-refractivity contribution < 1.29 is 4.74 Å². The smallest absolute Gasteiger partial charge is 0.121 e. The summed E-state index contributed by atoms with van der Waals surface area (Å²) in [6.07, 6.45) is 5.47. The van der Waals surface area contributed by atoms with Crippen molar-refractivity contribution in [2.45, 2.75) is 25.7 Å². The van der Waals surface area contributed by atoms with E-state index in [0.29, 0.717) is 0 Å². The molecule has 0 saturated carbocycles. The van der Waals surface area contributed by atoms with Crippen molar-refractivity contribution >= 4 is 5.69 Å². The molecule has 3 nitrogen and oxygen atoms in total. The number of anilines is 1. The van der Waals surface area contributed by atoms with Gasteiger partial charge in [-0.15, -0.1) is 0 Å². The Hall–Kier alpha value is -1.22. The normalized spacial score (nSPS) is 17.2. The Labute approximate surface area is 110 Å². The Kier molecular flexibility index (Phi) is 5.34. The summed E-state index contributed by atoms with van der Waals surface area (Å²) in [6.45, 7) is 4.30. The highest BCUT2D eigenvalue weighted by Gasteiger charge is 2.08. The highest BCUT2D eigenvalue weighted by Crippen LogP contribution is 2.16. The number of nitrogens with one attached hydrogen (secondary N) is 1. The van der Waals surface area contributed by atoms with Crippen LogP contribution in [0.15, 0.2) is 24.3 Å². The number of rotatable bonds is 5. The SMILES string of the molecule is CNc1cccc(OCCN2CCCCCC2)c1. The number of hydrogen-bond acceptors (Lipinski definition) is 3. The second kappa shape index (κ2) is 7.27. The standard InChI is InChI=1S/C15H24N2O/c1-16-14-7-6-8-15(13-14)18-12-11-17-9-4-2-3-5-10-17/h6-8,13,16H,2-5,9-12H2,1H3. The Morgan fingerprint density at radius 1 is 1.17 bits per heavy atom. The van der Waals surface area contributed by atoms with Crippen molar-refractivity contribution in [2.75, 3.05) is 38.6 Å². The Balaban J connectivity index is 1.73. The highest BCUT2D eigenvalue weighted by atomic mass is 16.5. The molecule has 1 aliphatic rings. The van der Waals surface area contributed by atoms with Crippen LogP contribution in [0.25, 0.3) is 0 Å². The van der Waals surface area contributed by atoms with E-state index in [1.807, 2.05) is 31.3 Å². The molecule has 0 aromatic heterocycles. The van der Waals surface area contributed by atoms with Crippen molar-refractivity contribution in [2.24, 2.45) is 0 Å². The van der Waals surface area contributed by atoms with Crippen LogP contribution in [0.1, 0.15) is 25.7 Å². The first kappa shape index (κ1) is 13.2. The van der Waals surface area contributed by atoms with Crippen LogP contribution in [0, 0.1) is 0 Å². The summed E-state index contributed by atoms with van der Waals surface area (Å²) in [4.78, 5) is 2.52. The van der Waals surface area contributed by atoms with E-state index in [0.717, 1.165) is 24.6 Å². The number of benzene rings is 1. The lowest BCUT2D eigenvalue weighted by Gasteiger charge is -2.19. The molecule has 0 unspecified atom stereocenters. The molecule has 0 atom stereocenters. The lowest BCUT2D eigenvalue weighted by Crippen LogP contribution is -2.29. The summed E-state index contributed by atoms with van der Waals surface area (Å²) in [7, 11) is 1.93. The fourth-order valence-corrected chi connectivity index (χ4v) is 2.39. The summed E-state index contributed by atoms with van der Waals surface area (Å²) in [5.74, 6) is 0.955. The van der Waals surface area contributed by atoms with E-state index in [2.05, 4.69) is 10.2 Å². The van der Waals surface area contributed by atoms with E-state index < -0.39 is 0 Å². The van der Waals surface area contributed by atoms with Crippen molar-refractivity contribution in [3.8, 4) is 5.75 Å². The van der Waals surface area contributed by atoms with Crippen molar-refractivity contribution in [3.63, 3.8) is 0 Å². The molecule has 18 heavy (non-hydrogen) atoms. The summed E-state index contributed by atoms with van der Waals surface area (Å²) in [5.41, 5.74) is 1.10. The minimum absolute atomic E-state index is 0.785. The lowest BCUT2D eigenvalue weighted by atomic mass is 10.2. The van der Waals surface area contributed by atoms with Crippen LogP contribution in [0.4, 0.5) is 5.69 Å². The Bertz CT molecular complexity index is 346. The summed E-state index contributed by atoms with van der Waals surface area (Å²) >= 11 is 0. The second-order valence-electron chi connectivity index (χ2n) is 4.88. The average Bonchev–Trinajstić information content (AvgIpc) is 2.68. The molecule has 1 heterocycles. The maximum Gasteiger partial charge on any atom is 0.121 e. The molecule has 100 valence electrons. The predicted octanol–water partition coefficient (Wildman–Crippen LogP) is 2.98. The highest BCUT2D eigenvalue weighted by molar-refractivity contribution is 5.47. The van der Waals surface area contributed by atoms with Crippen molar-refractivity contribution in [1.29, 1.82) is 0 Å². The monoisotopic (exact) mass is 248 g/mol. The Morgan fingerprint density at radius 3 is 2.67 bits per heavy atom. The van der Waals surface area contributed by atoms with Gasteiger partial charge in [0, 0.05) is 25.3 Å². The second-order valence-corrected chi connectivity index (χ2v) is 4.88. The third-order valence-corrected chi connectivity index (χ3v) is 3.50. The summed E-state index contributed by atoms with van der Waals surface area (Å²) in [6, 6.07) is 8.13. The molecule has 0 radical (unpaired) electrons. The minimum atomic E-state index is 0.785. The maximum atomic E-state index is 5.81. The van der Waals surface area contributed by atoms with E-state index in [-0.39, 0.29) is 0 Å². The van der Waals surface area contributed by atoms with E-state index >= 15 is 0 Å². The van der Waals surface area contributed by atoms with Crippen LogP contribution in [0.5, 0.6) is 5.75 Å². The number of likely N-dealkylation sites (tertiary alicyclic amines) is 1. The van der Waals surface area contributed by atoms with Gasteiger partial charge in [-0.05, 0) is 38.1 Å². The topological polar surface area (TPSA) is 24.5 Å². The van der Waals surface area contributed by atoms with Gasteiger partial charge in [-0.3, -0.25) is 4.90 Å². The van der Waals surface area contributed by atoms with E-state index in [4.69, 9.17) is 4.74 Å². The van der Waals surface area contributed by atoms with E-state index in [1.165, 1.54) is 38.8 Å². The molecular formula is C15H24N2O. The van der Waals surface area contributed by atoms with Gasteiger partial charge in [-0.1, -0.05) is 18.9 Å². The zero-order chi connectivity index (χ0) is 12.6. The molecule has 3 heteroatoms. The molecule has 1 aromatic carbocycles. The molecule has 1 N–H and O–H groups in total. The van der Waals surface area contributed by atoms with Gasteiger partial charge >= 0.3 is 0 Å². The largest absolute Gasteiger partial charge is 0.492 e. The molecule has 0 spiro atoms. The first-order valence-corrected chi connectivity index (χ1v) is 7.01. The van der Waals surface area contributed by atoms with Crippen molar-refractivity contribution in [1.82, 2.24) is 4.90 Å². The van der Waals surface area contributed by atoms with Gasteiger partial charge in [0.2, 0.25) is 0 Å². The third-order valence-electron chi connectivity index (χ3n) is 3.50. The number of ether oxygens (including phenoxy) is 1. The van der Waals surface area contributed by atoms with Crippen LogP contribution in [-0.4, -0.2) is 38.2 Å². The molecule has 2 rings (SSSR count). The molecule has 1 saturated heterocycles. The molecule has 1 aliphatic heterocycles. The quantitative estimate of drug-likeness (QED) is 0.867. The first-order valence-electron chi connectivity index (χ1n) is 7.01. The van der Waals surface area contributed by atoms with Crippen LogP contribution < -0.4 is 10.1 Å². The molecule has 0 bridgehead atoms. The third kappa shape index (κ3) is 4.22. The van der Waals surface area contributed by atoms with E-state index in [1.54, 1.807) is 0 Å². The predicted molar refractivity (Wildman–Crippen MR) is 76.4 cm³/mol. The molecular weight excluding hydrogens is 224 g/mol. The summed E-state index contributed by atoms with van der Waals surface area (Å²) < 4.78 is 5.81. The van der Waals surface area contributed by atoms with Crippen LogP contribution in [0.3, 0.4) is 0 Å². The van der Waals surface area contributed by atoms with E-state index in [9.17, 15) is 0 Å². The lowest BCUT2D eigenvalue weighted by molar-refractivity contribution is 0.214. The number of hydrogen-bond donors (Lipinski definition) is 1. The fourth-order valence-electron chi connectivity index (χ4n) is 2.39. The fraction of sp³-hybridized carbons (Fsp3) is 0.600. The van der Waals surface area contributed by atoms with Gasteiger partial charge in [0.25, 0.3) is 0 Å². The average molecular weight is 248 g/mol. The molecule has 0 amide bonds. The summed E-state index contributed by atoms with van der Waals surface area (Å²) in [5, 5.41) is 3.12. The number of nitrogens with zero attached hydrogens (tertiary/aromatic N) is 1. The maximum absolute atomic E-state index is 5.81. The van der Waals surface area contributed by atoms with Gasteiger partial charge in [0.1, 0.15) is 12.4 Å². The zero-order valence-electron chi connectivity index (χ0n) is 11.3. The molecule has 1 fully saturated rings. The van der Waals surface area contributed by atoms with Gasteiger partial charge < -0.3 is 10.1 Å². The first-order chi connectivity index (χ1) is 8.88. The van der Waals surface area contributed by atoms with Crippen LogP contribution in [-0.2, 0) is 0 Å².